The molecule has 0 unspecified atom stereocenters. The first kappa shape index (κ1) is 44.5. The Hall–Kier alpha value is -8.68. The van der Waals surface area contributed by atoms with Crippen LogP contribution in [0, 0.1) is 13.8 Å². The second kappa shape index (κ2) is 18.9. The SMILES string of the molecule is C/C=C/c1cc(-n2c3ccccc3c3ccccc32)c(/C=C/c2ccc3nc(-c4cc(OCCCCCC)c(-c5cnc6cc(C)ccc6n5)cc4C)cnc3c2)cc1-n1c2ccccc2c2ccccc21. The highest BCUT2D eigenvalue weighted by Gasteiger charge is 2.20. The molecule has 8 aromatic carbocycles. The molecular formula is C65H54N6O. The lowest BCUT2D eigenvalue weighted by molar-refractivity contribution is 0.306. The van der Waals surface area contributed by atoms with Crippen LogP contribution in [-0.2, 0) is 0 Å². The molecule has 0 atom stereocenters. The summed E-state index contributed by atoms with van der Waals surface area (Å²) < 4.78 is 11.4. The summed E-state index contributed by atoms with van der Waals surface area (Å²) in [5, 5.41) is 4.91. The predicted octanol–water partition coefficient (Wildman–Crippen LogP) is 16.9. The van der Waals surface area contributed by atoms with Crippen molar-refractivity contribution in [2.24, 2.45) is 0 Å². The minimum atomic E-state index is 0.622. The fraction of sp³-hybridized carbons (Fsp3) is 0.138. The third-order valence-corrected chi connectivity index (χ3v) is 14.0. The summed E-state index contributed by atoms with van der Waals surface area (Å²) in [4.78, 5) is 20.1. The average molecular weight is 935 g/mol. The number of aryl methyl sites for hydroxylation is 2. The van der Waals surface area contributed by atoms with Gasteiger partial charge in [0.25, 0.3) is 0 Å². The number of nitrogens with zero attached hydrogens (tertiary/aromatic N) is 6. The summed E-state index contributed by atoms with van der Waals surface area (Å²) in [7, 11) is 0. The first-order chi connectivity index (χ1) is 35.4. The molecule has 12 aromatic rings. The van der Waals surface area contributed by atoms with Crippen molar-refractivity contribution >= 4 is 83.9 Å². The van der Waals surface area contributed by atoms with Crippen molar-refractivity contribution in [3.05, 3.63) is 204 Å². The van der Waals surface area contributed by atoms with E-state index < -0.39 is 0 Å². The smallest absolute Gasteiger partial charge is 0.129 e. The standard InChI is InChI=1S/C65H54N6O/c1-5-7-8-17-33-72-65-39-51(43(4)35-52(65)58-41-66-55-34-42(3)27-31-53(55)69-58)57-40-67-56-36-44(29-32-54(56)68-57)28-30-46-38-63(70-59-23-13-9-19-47(59)48-20-10-14-24-60(48)70)45(18-6-2)37-64(46)71-61-25-15-11-21-49(61)50-22-12-16-26-62(50)71/h6,9-16,18-32,34-41H,5,7-8,17,33H2,1-4H3/b18-6+,30-28+. The molecule has 0 spiro atoms. The van der Waals surface area contributed by atoms with E-state index in [0.717, 1.165) is 113 Å². The van der Waals surface area contributed by atoms with Crippen molar-refractivity contribution in [1.29, 1.82) is 0 Å². The molecule has 12 rings (SSSR count). The number of fused-ring (bicyclic) bond motifs is 8. The van der Waals surface area contributed by atoms with E-state index in [0.29, 0.717) is 6.61 Å². The summed E-state index contributed by atoms with van der Waals surface area (Å²) in [5.41, 5.74) is 19.2. The molecule has 4 aromatic heterocycles. The van der Waals surface area contributed by atoms with Gasteiger partial charge in [0.05, 0.1) is 85.9 Å². The molecule has 0 saturated heterocycles. The molecule has 350 valence electrons. The quantitative estimate of drug-likeness (QED) is 0.0851. The van der Waals surface area contributed by atoms with Crippen LogP contribution < -0.4 is 4.74 Å². The molecule has 0 N–H and O–H groups in total. The third-order valence-electron chi connectivity index (χ3n) is 14.0. The first-order valence-electron chi connectivity index (χ1n) is 25.2. The number of hydrogen-bond acceptors (Lipinski definition) is 5. The van der Waals surface area contributed by atoms with Crippen LogP contribution >= 0.6 is 0 Å². The van der Waals surface area contributed by atoms with E-state index in [-0.39, 0.29) is 0 Å². The summed E-state index contributed by atoms with van der Waals surface area (Å²) in [6.07, 6.45) is 17.1. The molecule has 0 fully saturated rings. The molecule has 0 aliphatic heterocycles. The van der Waals surface area contributed by atoms with Crippen molar-refractivity contribution in [2.45, 2.75) is 53.4 Å². The van der Waals surface area contributed by atoms with Gasteiger partial charge in [0, 0.05) is 43.8 Å². The maximum absolute atomic E-state index is 6.58. The molecule has 7 nitrogen and oxygen atoms in total. The Balaban J connectivity index is 0.956. The lowest BCUT2D eigenvalue weighted by atomic mass is 9.99. The van der Waals surface area contributed by atoms with Gasteiger partial charge in [0.1, 0.15) is 5.75 Å². The molecule has 7 heteroatoms. The van der Waals surface area contributed by atoms with Crippen LogP contribution in [0.3, 0.4) is 0 Å². The van der Waals surface area contributed by atoms with E-state index >= 15 is 0 Å². The van der Waals surface area contributed by atoms with Gasteiger partial charge in [-0.05, 0) is 117 Å². The van der Waals surface area contributed by atoms with Crippen LogP contribution in [-0.4, -0.2) is 35.7 Å². The number of hydrogen-bond donors (Lipinski definition) is 0. The molecule has 72 heavy (non-hydrogen) atoms. The molecule has 0 aliphatic carbocycles. The minimum Gasteiger partial charge on any atom is -0.493 e. The molecule has 0 bridgehead atoms. The number of para-hydroxylation sites is 4. The monoisotopic (exact) mass is 934 g/mol. The molecule has 0 amide bonds. The highest BCUT2D eigenvalue weighted by molar-refractivity contribution is 6.11. The predicted molar refractivity (Wildman–Crippen MR) is 301 cm³/mol. The second-order valence-electron chi connectivity index (χ2n) is 18.9. The Labute approximate surface area is 419 Å². The molecule has 0 saturated carbocycles. The van der Waals surface area contributed by atoms with Crippen LogP contribution in [0.5, 0.6) is 5.75 Å². The Morgan fingerprint density at radius 3 is 1.58 bits per heavy atom. The zero-order valence-electron chi connectivity index (χ0n) is 41.1. The Morgan fingerprint density at radius 1 is 0.486 bits per heavy atom. The third kappa shape index (κ3) is 8.07. The fourth-order valence-corrected chi connectivity index (χ4v) is 10.5. The van der Waals surface area contributed by atoms with Gasteiger partial charge in [-0.15, -0.1) is 0 Å². The van der Waals surface area contributed by atoms with Crippen LogP contribution in [0.1, 0.15) is 67.3 Å². The highest BCUT2D eigenvalue weighted by Crippen LogP contribution is 2.40. The lowest BCUT2D eigenvalue weighted by Gasteiger charge is -2.18. The van der Waals surface area contributed by atoms with Gasteiger partial charge in [0.2, 0.25) is 0 Å². The van der Waals surface area contributed by atoms with E-state index in [1.165, 1.54) is 45.4 Å². The van der Waals surface area contributed by atoms with Crippen molar-refractivity contribution in [3.63, 3.8) is 0 Å². The maximum atomic E-state index is 6.58. The zero-order chi connectivity index (χ0) is 48.7. The van der Waals surface area contributed by atoms with E-state index in [9.17, 15) is 0 Å². The Bertz CT molecular complexity index is 4010. The van der Waals surface area contributed by atoms with Gasteiger partial charge in [-0.3, -0.25) is 9.97 Å². The summed E-state index contributed by atoms with van der Waals surface area (Å²) in [5.74, 6) is 0.774. The van der Waals surface area contributed by atoms with Crippen molar-refractivity contribution in [3.8, 4) is 39.6 Å². The van der Waals surface area contributed by atoms with E-state index in [1.807, 2.05) is 18.5 Å². The number of unbranched alkanes of at least 4 members (excludes halogenated alkanes) is 3. The maximum Gasteiger partial charge on any atom is 0.129 e. The fourth-order valence-electron chi connectivity index (χ4n) is 10.5. The van der Waals surface area contributed by atoms with Gasteiger partial charge in [0.15, 0.2) is 0 Å². The molecular weight excluding hydrogens is 881 g/mol. The minimum absolute atomic E-state index is 0.622. The van der Waals surface area contributed by atoms with E-state index in [4.69, 9.17) is 24.7 Å². The van der Waals surface area contributed by atoms with Gasteiger partial charge in [-0.2, -0.15) is 0 Å². The summed E-state index contributed by atoms with van der Waals surface area (Å²) in [6, 6.07) is 56.4. The van der Waals surface area contributed by atoms with Crippen LogP contribution in [0.4, 0.5) is 0 Å². The van der Waals surface area contributed by atoms with Gasteiger partial charge >= 0.3 is 0 Å². The van der Waals surface area contributed by atoms with Gasteiger partial charge in [-0.1, -0.05) is 135 Å². The number of aromatic nitrogens is 6. The Kier molecular flexibility index (Phi) is 11.7. The number of allylic oxidation sites excluding steroid dienone is 1. The largest absolute Gasteiger partial charge is 0.493 e. The highest BCUT2D eigenvalue weighted by atomic mass is 16.5. The summed E-state index contributed by atoms with van der Waals surface area (Å²) in [6.45, 7) is 9.14. The lowest BCUT2D eigenvalue weighted by Crippen LogP contribution is -2.03. The van der Waals surface area contributed by atoms with Crippen molar-refractivity contribution < 1.29 is 4.74 Å². The number of ether oxygens (including phenoxy) is 1. The second-order valence-corrected chi connectivity index (χ2v) is 18.9. The zero-order valence-corrected chi connectivity index (χ0v) is 41.1. The molecule has 0 aliphatic rings. The topological polar surface area (TPSA) is 70.7 Å². The van der Waals surface area contributed by atoms with Gasteiger partial charge in [-0.25, -0.2) is 9.97 Å². The van der Waals surface area contributed by atoms with Crippen LogP contribution in [0.2, 0.25) is 0 Å². The normalized spacial score (nSPS) is 12.1. The molecule has 0 radical (unpaired) electrons. The van der Waals surface area contributed by atoms with Crippen LogP contribution in [0.15, 0.2) is 176 Å². The van der Waals surface area contributed by atoms with E-state index in [1.54, 1.807) is 0 Å². The summed E-state index contributed by atoms with van der Waals surface area (Å²) >= 11 is 0. The average Bonchev–Trinajstić information content (AvgIpc) is 3.93. The number of benzene rings is 8. The van der Waals surface area contributed by atoms with Crippen molar-refractivity contribution in [1.82, 2.24) is 29.1 Å². The molecule has 4 heterocycles. The Morgan fingerprint density at radius 2 is 1.01 bits per heavy atom. The first-order valence-corrected chi connectivity index (χ1v) is 25.2. The van der Waals surface area contributed by atoms with Gasteiger partial charge < -0.3 is 13.9 Å². The van der Waals surface area contributed by atoms with E-state index in [2.05, 4.69) is 213 Å². The van der Waals surface area contributed by atoms with Crippen molar-refractivity contribution in [2.75, 3.05) is 6.61 Å². The number of rotatable bonds is 13. The van der Waals surface area contributed by atoms with Crippen LogP contribution in [0.25, 0.3) is 118 Å².